The number of sulfonamides is 1. The molecule has 30 heavy (non-hydrogen) atoms. The van der Waals surface area contributed by atoms with Gasteiger partial charge in [0.2, 0.25) is 0 Å². The van der Waals surface area contributed by atoms with E-state index >= 15 is 0 Å². The van der Waals surface area contributed by atoms with Crippen molar-refractivity contribution >= 4 is 21.6 Å². The molecule has 3 aromatic rings. The summed E-state index contributed by atoms with van der Waals surface area (Å²) in [5, 5.41) is 0. The maximum absolute atomic E-state index is 13.8. The summed E-state index contributed by atoms with van der Waals surface area (Å²) >= 11 is 0. The Kier molecular flexibility index (Phi) is 6.47. The van der Waals surface area contributed by atoms with Gasteiger partial charge in [0.1, 0.15) is 5.82 Å². The van der Waals surface area contributed by atoms with Crippen LogP contribution in [-0.2, 0) is 16.4 Å². The van der Waals surface area contributed by atoms with Crippen LogP contribution in [0.25, 0.3) is 0 Å². The lowest BCUT2D eigenvalue weighted by atomic mass is 10.1. The number of nitrogens with zero attached hydrogens (tertiary/aromatic N) is 2. The number of aromatic nitrogens is 1. The number of benzene rings is 2. The van der Waals surface area contributed by atoms with Gasteiger partial charge in [-0.25, -0.2) is 12.8 Å². The summed E-state index contributed by atoms with van der Waals surface area (Å²) in [6, 6.07) is 15.4. The Morgan fingerprint density at radius 2 is 1.83 bits per heavy atom. The topological polar surface area (TPSA) is 79.4 Å². The van der Waals surface area contributed by atoms with Gasteiger partial charge in [-0.3, -0.25) is 14.5 Å². The average molecular weight is 428 g/mol. The third-order valence-corrected chi connectivity index (χ3v) is 6.01. The number of rotatable bonds is 7. The lowest BCUT2D eigenvalue weighted by Crippen LogP contribution is -2.30. The number of hydrogen-bond donors (Lipinski definition) is 1. The van der Waals surface area contributed by atoms with Crippen LogP contribution in [0.2, 0.25) is 0 Å². The minimum absolute atomic E-state index is 0.113. The van der Waals surface area contributed by atoms with Gasteiger partial charge >= 0.3 is 0 Å². The van der Waals surface area contributed by atoms with Gasteiger partial charge in [0, 0.05) is 37.5 Å². The van der Waals surface area contributed by atoms with Gasteiger partial charge in [-0.15, -0.1) is 0 Å². The van der Waals surface area contributed by atoms with Gasteiger partial charge in [-0.1, -0.05) is 24.3 Å². The molecule has 0 unspecified atom stereocenters. The fourth-order valence-electron chi connectivity index (χ4n) is 2.88. The lowest BCUT2D eigenvalue weighted by Gasteiger charge is -2.19. The number of halogens is 1. The van der Waals surface area contributed by atoms with E-state index in [1.54, 1.807) is 26.2 Å². The number of aryl methyl sites for hydroxylation is 1. The molecule has 1 aromatic heterocycles. The number of para-hydroxylation sites is 1. The van der Waals surface area contributed by atoms with E-state index in [1.807, 2.05) is 18.2 Å². The molecule has 1 N–H and O–H groups in total. The Morgan fingerprint density at radius 1 is 1.10 bits per heavy atom. The smallest absolute Gasteiger partial charge is 0.262 e. The second kappa shape index (κ2) is 9.04. The normalized spacial score (nSPS) is 11.2. The molecule has 0 atom stereocenters. The highest BCUT2D eigenvalue weighted by Crippen LogP contribution is 2.22. The first-order chi connectivity index (χ1) is 14.3. The molecule has 156 valence electrons. The third-order valence-electron chi connectivity index (χ3n) is 4.64. The molecule has 0 saturated carbocycles. The number of nitrogens with one attached hydrogen (secondary N) is 1. The van der Waals surface area contributed by atoms with Crippen molar-refractivity contribution in [1.29, 1.82) is 0 Å². The van der Waals surface area contributed by atoms with Crippen LogP contribution in [0, 0.1) is 12.7 Å². The van der Waals surface area contributed by atoms with E-state index < -0.39 is 15.8 Å². The monoisotopic (exact) mass is 427 g/mol. The van der Waals surface area contributed by atoms with Crippen molar-refractivity contribution in [3.63, 3.8) is 0 Å². The minimum Gasteiger partial charge on any atom is -0.341 e. The quantitative estimate of drug-likeness (QED) is 0.624. The van der Waals surface area contributed by atoms with Crippen molar-refractivity contribution in [3.8, 4) is 0 Å². The molecular weight excluding hydrogens is 405 g/mol. The van der Waals surface area contributed by atoms with Crippen LogP contribution in [-0.4, -0.2) is 37.8 Å². The lowest BCUT2D eigenvalue weighted by molar-refractivity contribution is 0.0795. The molecule has 6 nitrogen and oxygen atoms in total. The molecule has 3 rings (SSSR count). The SMILES string of the molecule is Cc1ccc(S(=O)(=O)Nc2ccccc2F)cc1C(=O)N(C)CCc1ccccn1. The predicted octanol–water partition coefficient (Wildman–Crippen LogP) is 3.64. The number of anilines is 1. The standard InChI is InChI=1S/C22H22FN3O3S/c1-16-10-11-18(30(28,29)25-21-9-4-3-8-20(21)23)15-19(16)22(27)26(2)14-12-17-7-5-6-13-24-17/h3-11,13,15,25H,12,14H2,1-2H3. The Morgan fingerprint density at radius 3 is 2.53 bits per heavy atom. The summed E-state index contributed by atoms with van der Waals surface area (Å²) < 4.78 is 41.5. The molecule has 0 fully saturated rings. The first kappa shape index (κ1) is 21.4. The van der Waals surface area contributed by atoms with Gasteiger partial charge in [-0.05, 0) is 48.9 Å². The van der Waals surface area contributed by atoms with Crippen LogP contribution >= 0.6 is 0 Å². The third kappa shape index (κ3) is 5.01. The molecule has 0 saturated heterocycles. The second-order valence-electron chi connectivity index (χ2n) is 6.86. The average Bonchev–Trinajstić information content (AvgIpc) is 2.74. The van der Waals surface area contributed by atoms with Crippen molar-refractivity contribution in [1.82, 2.24) is 9.88 Å². The molecule has 1 amide bonds. The van der Waals surface area contributed by atoms with Gasteiger partial charge < -0.3 is 4.90 Å². The molecule has 0 aliphatic heterocycles. The van der Waals surface area contributed by atoms with Crippen molar-refractivity contribution in [2.24, 2.45) is 0 Å². The van der Waals surface area contributed by atoms with Crippen LogP contribution in [0.15, 0.2) is 71.8 Å². The van der Waals surface area contributed by atoms with Gasteiger partial charge in [0.05, 0.1) is 10.6 Å². The summed E-state index contributed by atoms with van der Waals surface area (Å²) in [7, 11) is -2.40. The first-order valence-corrected chi connectivity index (χ1v) is 10.8. The highest BCUT2D eigenvalue weighted by Gasteiger charge is 2.21. The predicted molar refractivity (Wildman–Crippen MR) is 113 cm³/mol. The van der Waals surface area contributed by atoms with E-state index in [-0.39, 0.29) is 22.1 Å². The second-order valence-corrected chi connectivity index (χ2v) is 8.54. The Balaban J connectivity index is 1.80. The number of carbonyl (C=O) groups excluding carboxylic acids is 1. The molecule has 0 spiro atoms. The number of hydrogen-bond acceptors (Lipinski definition) is 4. The fraction of sp³-hybridized carbons (Fsp3) is 0.182. The van der Waals surface area contributed by atoms with E-state index in [1.165, 1.54) is 41.3 Å². The zero-order valence-corrected chi connectivity index (χ0v) is 17.5. The van der Waals surface area contributed by atoms with Crippen molar-refractivity contribution < 1.29 is 17.6 Å². The highest BCUT2D eigenvalue weighted by atomic mass is 32.2. The van der Waals surface area contributed by atoms with Crippen LogP contribution < -0.4 is 4.72 Å². The number of carbonyl (C=O) groups is 1. The van der Waals surface area contributed by atoms with E-state index in [0.717, 1.165) is 5.69 Å². The summed E-state index contributed by atoms with van der Waals surface area (Å²) in [4.78, 5) is 18.6. The van der Waals surface area contributed by atoms with Gasteiger partial charge in [-0.2, -0.15) is 0 Å². The first-order valence-electron chi connectivity index (χ1n) is 9.31. The Bertz CT molecular complexity index is 1150. The fourth-order valence-corrected chi connectivity index (χ4v) is 3.97. The zero-order valence-electron chi connectivity index (χ0n) is 16.7. The number of likely N-dealkylation sites (N-methyl/N-ethyl adjacent to an activating group) is 1. The maximum Gasteiger partial charge on any atom is 0.262 e. The Hall–Kier alpha value is -3.26. The largest absolute Gasteiger partial charge is 0.341 e. The molecular formula is C22H22FN3O3S. The minimum atomic E-state index is -4.06. The van der Waals surface area contributed by atoms with E-state index in [2.05, 4.69) is 9.71 Å². The van der Waals surface area contributed by atoms with Gasteiger partial charge in [0.15, 0.2) is 0 Å². The van der Waals surface area contributed by atoms with Crippen LogP contribution in [0.5, 0.6) is 0 Å². The van der Waals surface area contributed by atoms with Crippen molar-refractivity contribution in [2.75, 3.05) is 18.3 Å². The zero-order chi connectivity index (χ0) is 21.7. The molecule has 0 bridgehead atoms. The summed E-state index contributed by atoms with van der Waals surface area (Å²) in [5.74, 6) is -0.981. The highest BCUT2D eigenvalue weighted by molar-refractivity contribution is 7.92. The Labute approximate surface area is 175 Å². The molecule has 2 aromatic carbocycles. The van der Waals surface area contributed by atoms with Crippen molar-refractivity contribution in [2.45, 2.75) is 18.2 Å². The van der Waals surface area contributed by atoms with E-state index in [0.29, 0.717) is 18.5 Å². The summed E-state index contributed by atoms with van der Waals surface area (Å²) in [6.45, 7) is 2.17. The van der Waals surface area contributed by atoms with Gasteiger partial charge in [0.25, 0.3) is 15.9 Å². The molecule has 1 heterocycles. The molecule has 0 aliphatic carbocycles. The van der Waals surface area contributed by atoms with E-state index in [4.69, 9.17) is 0 Å². The summed E-state index contributed by atoms with van der Waals surface area (Å²) in [6.07, 6.45) is 2.27. The van der Waals surface area contributed by atoms with E-state index in [9.17, 15) is 17.6 Å². The molecule has 0 radical (unpaired) electrons. The molecule has 0 aliphatic rings. The van der Waals surface area contributed by atoms with Crippen LogP contribution in [0.1, 0.15) is 21.6 Å². The van der Waals surface area contributed by atoms with Crippen molar-refractivity contribution in [3.05, 3.63) is 89.5 Å². The maximum atomic E-state index is 13.8. The molecule has 8 heteroatoms. The summed E-state index contributed by atoms with van der Waals surface area (Å²) in [5.41, 5.74) is 1.63. The van der Waals surface area contributed by atoms with Crippen LogP contribution in [0.4, 0.5) is 10.1 Å². The number of amides is 1. The van der Waals surface area contributed by atoms with Crippen LogP contribution in [0.3, 0.4) is 0 Å². The number of pyridine rings is 1.